The van der Waals surface area contributed by atoms with E-state index in [-0.39, 0.29) is 0 Å². The molecule has 1 amide bonds. The summed E-state index contributed by atoms with van der Waals surface area (Å²) in [7, 11) is 0. The number of hydrogen-bond acceptors (Lipinski definition) is 4. The number of nitrogens with two attached hydrogens (primary N) is 1. The molecule has 0 aliphatic heterocycles. The number of amides is 1. The molecule has 0 unspecified atom stereocenters. The highest BCUT2D eigenvalue weighted by Gasteiger charge is 2.23. The minimum atomic E-state index is -0.547. The van der Waals surface area contributed by atoms with E-state index in [2.05, 4.69) is 11.6 Å². The van der Waals surface area contributed by atoms with Crippen molar-refractivity contribution in [2.45, 2.75) is 39.8 Å². The van der Waals surface area contributed by atoms with Crippen molar-refractivity contribution in [3.8, 4) is 0 Å². The summed E-state index contributed by atoms with van der Waals surface area (Å²) in [5, 5.41) is 0. The molecule has 0 bridgehead atoms. The van der Waals surface area contributed by atoms with Crippen molar-refractivity contribution in [1.29, 1.82) is 0 Å². The van der Waals surface area contributed by atoms with Crippen molar-refractivity contribution in [3.05, 3.63) is 36.2 Å². The van der Waals surface area contributed by atoms with Crippen molar-refractivity contribution in [1.82, 2.24) is 4.98 Å². The van der Waals surface area contributed by atoms with E-state index in [0.717, 1.165) is 11.3 Å². The van der Waals surface area contributed by atoms with Crippen molar-refractivity contribution < 1.29 is 9.53 Å². The molecule has 110 valence electrons. The molecule has 1 heterocycles. The first-order valence-corrected chi connectivity index (χ1v) is 6.53. The van der Waals surface area contributed by atoms with E-state index < -0.39 is 11.7 Å². The zero-order chi connectivity index (χ0) is 15.3. The van der Waals surface area contributed by atoms with E-state index in [1.165, 1.54) is 4.90 Å². The Morgan fingerprint density at radius 2 is 2.10 bits per heavy atom. The fourth-order valence-electron chi connectivity index (χ4n) is 1.55. The molecule has 0 atom stereocenters. The number of hydrogen-bond donors (Lipinski definition) is 1. The standard InChI is InChI=1S/C15H23N3O2/c1-11(2)10-18(14(19)20-15(3,4)5)13-7-6-12(8-16)17-9-13/h6-7,9H,1,8,10,16H2,2-5H3. The lowest BCUT2D eigenvalue weighted by molar-refractivity contribution is 0.0583. The third kappa shape index (κ3) is 5.01. The number of anilines is 1. The summed E-state index contributed by atoms with van der Waals surface area (Å²) < 4.78 is 5.41. The van der Waals surface area contributed by atoms with Gasteiger partial charge in [-0.1, -0.05) is 12.2 Å². The molecule has 0 saturated heterocycles. The van der Waals surface area contributed by atoms with Gasteiger partial charge in [-0.15, -0.1) is 0 Å². The van der Waals surface area contributed by atoms with Crippen molar-refractivity contribution >= 4 is 11.8 Å². The summed E-state index contributed by atoms with van der Waals surface area (Å²) in [6, 6.07) is 3.60. The van der Waals surface area contributed by atoms with Crippen molar-refractivity contribution in [2.24, 2.45) is 5.73 Å². The maximum absolute atomic E-state index is 12.3. The van der Waals surface area contributed by atoms with Crippen LogP contribution in [-0.4, -0.2) is 23.2 Å². The van der Waals surface area contributed by atoms with E-state index in [0.29, 0.717) is 18.8 Å². The molecule has 1 rings (SSSR count). The first-order chi connectivity index (χ1) is 9.23. The molecule has 0 radical (unpaired) electrons. The van der Waals surface area contributed by atoms with E-state index in [1.54, 1.807) is 12.3 Å². The van der Waals surface area contributed by atoms with Crippen LogP contribution in [0.2, 0.25) is 0 Å². The monoisotopic (exact) mass is 277 g/mol. The largest absolute Gasteiger partial charge is 0.443 e. The average molecular weight is 277 g/mol. The molecule has 2 N–H and O–H groups in total. The minimum Gasteiger partial charge on any atom is -0.443 e. The third-order valence-corrected chi connectivity index (χ3v) is 2.37. The highest BCUT2D eigenvalue weighted by Crippen LogP contribution is 2.18. The maximum atomic E-state index is 12.3. The van der Waals surface area contributed by atoms with Crippen LogP contribution in [0.1, 0.15) is 33.4 Å². The third-order valence-electron chi connectivity index (χ3n) is 2.37. The zero-order valence-electron chi connectivity index (χ0n) is 12.6. The molecular weight excluding hydrogens is 254 g/mol. The van der Waals surface area contributed by atoms with Gasteiger partial charge in [-0.3, -0.25) is 9.88 Å². The van der Waals surface area contributed by atoms with Crippen LogP contribution in [0.5, 0.6) is 0 Å². The Labute approximate surface area is 120 Å². The summed E-state index contributed by atoms with van der Waals surface area (Å²) in [4.78, 5) is 18.0. The molecule has 0 aliphatic carbocycles. The van der Waals surface area contributed by atoms with Gasteiger partial charge in [0, 0.05) is 13.1 Å². The number of pyridine rings is 1. The van der Waals surface area contributed by atoms with Gasteiger partial charge in [0.25, 0.3) is 0 Å². The summed E-state index contributed by atoms with van der Waals surface area (Å²) in [6.07, 6.45) is 1.21. The second kappa shape index (κ2) is 6.52. The zero-order valence-corrected chi connectivity index (χ0v) is 12.6. The topological polar surface area (TPSA) is 68.5 Å². The van der Waals surface area contributed by atoms with Crippen LogP contribution >= 0.6 is 0 Å². The lowest BCUT2D eigenvalue weighted by Gasteiger charge is -2.27. The number of aromatic nitrogens is 1. The van der Waals surface area contributed by atoms with Crippen LogP contribution < -0.4 is 10.6 Å². The highest BCUT2D eigenvalue weighted by molar-refractivity contribution is 5.88. The summed E-state index contributed by atoms with van der Waals surface area (Å²) in [5.74, 6) is 0. The van der Waals surface area contributed by atoms with Gasteiger partial charge >= 0.3 is 6.09 Å². The molecule has 20 heavy (non-hydrogen) atoms. The highest BCUT2D eigenvalue weighted by atomic mass is 16.6. The molecule has 5 heteroatoms. The van der Waals surface area contributed by atoms with Gasteiger partial charge in [-0.2, -0.15) is 0 Å². The van der Waals surface area contributed by atoms with Gasteiger partial charge in [-0.05, 0) is 39.8 Å². The van der Waals surface area contributed by atoms with Crippen LogP contribution in [0.25, 0.3) is 0 Å². The Morgan fingerprint density at radius 3 is 2.50 bits per heavy atom. The molecule has 5 nitrogen and oxygen atoms in total. The molecule has 1 aromatic heterocycles. The fraction of sp³-hybridized carbons (Fsp3) is 0.467. The summed E-state index contributed by atoms with van der Waals surface area (Å²) in [6.45, 7) is 12.0. The SMILES string of the molecule is C=C(C)CN(C(=O)OC(C)(C)C)c1ccc(CN)nc1. The van der Waals surface area contributed by atoms with Crippen LogP contribution in [0, 0.1) is 0 Å². The summed E-state index contributed by atoms with van der Waals surface area (Å²) >= 11 is 0. The number of ether oxygens (including phenoxy) is 1. The van der Waals surface area contributed by atoms with Gasteiger partial charge in [0.2, 0.25) is 0 Å². The number of rotatable bonds is 4. The van der Waals surface area contributed by atoms with Gasteiger partial charge in [-0.25, -0.2) is 4.79 Å². The average Bonchev–Trinajstić information content (AvgIpc) is 2.34. The maximum Gasteiger partial charge on any atom is 0.415 e. The molecule has 0 aliphatic rings. The Hall–Kier alpha value is -1.88. The van der Waals surface area contributed by atoms with Crippen LogP contribution in [0.15, 0.2) is 30.5 Å². The van der Waals surface area contributed by atoms with E-state index in [1.807, 2.05) is 33.8 Å². The Morgan fingerprint density at radius 1 is 1.45 bits per heavy atom. The lowest BCUT2D eigenvalue weighted by Crippen LogP contribution is -2.37. The molecular formula is C15H23N3O2. The predicted octanol–water partition coefficient (Wildman–Crippen LogP) is 2.86. The van der Waals surface area contributed by atoms with Gasteiger partial charge < -0.3 is 10.5 Å². The van der Waals surface area contributed by atoms with Crippen molar-refractivity contribution in [2.75, 3.05) is 11.4 Å². The lowest BCUT2D eigenvalue weighted by atomic mass is 10.2. The molecule has 0 fully saturated rings. The number of nitrogens with zero attached hydrogens (tertiary/aromatic N) is 2. The molecule has 0 saturated carbocycles. The predicted molar refractivity (Wildman–Crippen MR) is 80.5 cm³/mol. The second-order valence-corrected chi connectivity index (χ2v) is 5.74. The first-order valence-electron chi connectivity index (χ1n) is 6.53. The van der Waals surface area contributed by atoms with E-state index in [9.17, 15) is 4.79 Å². The van der Waals surface area contributed by atoms with Crippen LogP contribution in [0.3, 0.4) is 0 Å². The number of carbonyl (C=O) groups excluding carboxylic acids is 1. The van der Waals surface area contributed by atoms with Crippen LogP contribution in [-0.2, 0) is 11.3 Å². The molecule has 1 aromatic rings. The Kier molecular flexibility index (Phi) is 5.27. The van der Waals surface area contributed by atoms with Crippen LogP contribution in [0.4, 0.5) is 10.5 Å². The second-order valence-electron chi connectivity index (χ2n) is 5.74. The summed E-state index contributed by atoms with van der Waals surface area (Å²) in [5.41, 5.74) is 7.27. The van der Waals surface area contributed by atoms with Gasteiger partial charge in [0.1, 0.15) is 5.60 Å². The van der Waals surface area contributed by atoms with Gasteiger partial charge in [0.05, 0.1) is 17.6 Å². The molecule has 0 spiro atoms. The Bertz CT molecular complexity index is 475. The van der Waals surface area contributed by atoms with Gasteiger partial charge in [0.15, 0.2) is 0 Å². The van der Waals surface area contributed by atoms with E-state index >= 15 is 0 Å². The molecule has 0 aromatic carbocycles. The first kappa shape index (κ1) is 16.2. The van der Waals surface area contributed by atoms with Crippen molar-refractivity contribution in [3.63, 3.8) is 0 Å². The fourth-order valence-corrected chi connectivity index (χ4v) is 1.55. The smallest absolute Gasteiger partial charge is 0.415 e. The van der Waals surface area contributed by atoms with E-state index in [4.69, 9.17) is 10.5 Å². The normalized spacial score (nSPS) is 11.1. The quantitative estimate of drug-likeness (QED) is 0.859. The minimum absolute atomic E-state index is 0.368. The number of carbonyl (C=O) groups is 1. The Balaban J connectivity index is 2.98.